The van der Waals surface area contributed by atoms with Gasteiger partial charge in [0.05, 0.1) is 4.90 Å². The normalized spacial score (nSPS) is 11.4. The van der Waals surface area contributed by atoms with Gasteiger partial charge in [-0.15, -0.1) is 0 Å². The summed E-state index contributed by atoms with van der Waals surface area (Å²) in [4.78, 5) is 13.7. The number of hydrogen-bond acceptors (Lipinski definition) is 13. The number of halogens is 5. The lowest BCUT2D eigenvalue weighted by Gasteiger charge is -1.98. The first-order chi connectivity index (χ1) is 21.9. The van der Waals surface area contributed by atoms with E-state index in [2.05, 4.69) is 85.4 Å². The van der Waals surface area contributed by atoms with E-state index in [-0.39, 0.29) is 7.95 Å². The van der Waals surface area contributed by atoms with Gasteiger partial charge in [0.2, 0.25) is 0 Å². The molecule has 6 rings (SSSR count). The maximum Gasteiger partial charge on any atom is 0.323 e. The van der Waals surface area contributed by atoms with E-state index in [1.54, 1.807) is 40.8 Å². The average Bonchev–Trinajstić information content (AvgIpc) is 3.77. The van der Waals surface area contributed by atoms with E-state index >= 15 is 0 Å². The number of aromatic nitrogens is 3. The van der Waals surface area contributed by atoms with Crippen LogP contribution in [0.3, 0.4) is 0 Å². The Morgan fingerprint density at radius 3 is 1.89 bits per heavy atom. The van der Waals surface area contributed by atoms with Gasteiger partial charge in [-0.05, 0) is 59.7 Å². The molecular formula is C26H18Br3ClIN3O10S2. The van der Waals surface area contributed by atoms with E-state index in [1.165, 1.54) is 18.2 Å². The van der Waals surface area contributed by atoms with Gasteiger partial charge in [-0.25, -0.2) is 13.7 Å². The summed E-state index contributed by atoms with van der Waals surface area (Å²) in [5.74, 6) is -0.982. The Labute approximate surface area is 308 Å². The van der Waals surface area contributed by atoms with Crippen molar-refractivity contribution in [2.24, 2.45) is 0 Å². The molecule has 0 fully saturated rings. The summed E-state index contributed by atoms with van der Waals surface area (Å²) in [7, 11) is 1.52. The molecule has 1 atom stereocenters. The SMILES string of the molecule is BrCc1noc2ccccc12.O=C(O)C(Br)c1noc2ccccc12.O=S(=O)(Cl)c1ccc2onc(CBr)c2c1.OOOC(=S)I. The van der Waals surface area contributed by atoms with Crippen LogP contribution in [0.2, 0.25) is 0 Å². The summed E-state index contributed by atoms with van der Waals surface area (Å²) in [6, 6.07) is 19.3. The highest BCUT2D eigenvalue weighted by atomic mass is 127. The molecule has 13 nitrogen and oxygen atoms in total. The predicted octanol–water partition coefficient (Wildman–Crippen LogP) is 8.85. The first kappa shape index (κ1) is 38.2. The number of fused-ring (bicyclic) bond motifs is 3. The van der Waals surface area contributed by atoms with E-state index in [0.29, 0.717) is 33.3 Å². The number of hydrogen-bond donors (Lipinski definition) is 2. The lowest BCUT2D eigenvalue weighted by atomic mass is 10.2. The molecule has 2 N–H and O–H groups in total. The number of carboxylic acids is 1. The van der Waals surface area contributed by atoms with Crippen LogP contribution in [0.15, 0.2) is 85.2 Å². The average molecular weight is 999 g/mol. The van der Waals surface area contributed by atoms with Crippen LogP contribution in [0.25, 0.3) is 32.9 Å². The minimum Gasteiger partial charge on any atom is -0.480 e. The van der Waals surface area contributed by atoms with Crippen LogP contribution in [-0.2, 0) is 34.4 Å². The molecule has 0 spiro atoms. The van der Waals surface area contributed by atoms with Crippen LogP contribution in [-0.4, -0.2) is 43.3 Å². The smallest absolute Gasteiger partial charge is 0.323 e. The molecule has 0 saturated carbocycles. The Kier molecular flexibility index (Phi) is 15.2. The van der Waals surface area contributed by atoms with Gasteiger partial charge in [-0.2, -0.15) is 0 Å². The van der Waals surface area contributed by atoms with Crippen molar-refractivity contribution in [3.63, 3.8) is 0 Å². The van der Waals surface area contributed by atoms with Crippen molar-refractivity contribution >= 4 is 144 Å². The van der Waals surface area contributed by atoms with E-state index in [1.807, 2.05) is 30.3 Å². The molecule has 3 aromatic heterocycles. The molecule has 0 aliphatic rings. The van der Waals surface area contributed by atoms with Gasteiger partial charge >= 0.3 is 5.97 Å². The summed E-state index contributed by atoms with van der Waals surface area (Å²) in [5.41, 5.74) is 3.98. The zero-order chi connectivity index (χ0) is 33.9. The number of aliphatic carboxylic acids is 1. The monoisotopic (exact) mass is 995 g/mol. The maximum atomic E-state index is 11.1. The first-order valence-corrected chi connectivity index (χ1v) is 19.0. The number of benzene rings is 3. The maximum absolute atomic E-state index is 11.1. The third-order valence-corrected chi connectivity index (χ3v) is 8.95. The minimum absolute atomic E-state index is 0.0436. The largest absolute Gasteiger partial charge is 0.480 e. The number of alkyl halides is 3. The number of nitrogens with zero attached hydrogens (tertiary/aromatic N) is 3. The first-order valence-electron chi connectivity index (χ1n) is 12.1. The van der Waals surface area contributed by atoms with Gasteiger partial charge in [-0.3, -0.25) is 9.68 Å². The third kappa shape index (κ3) is 10.6. The summed E-state index contributed by atoms with van der Waals surface area (Å²) in [6.45, 7) is 0. The highest BCUT2D eigenvalue weighted by Gasteiger charge is 2.22. The summed E-state index contributed by atoms with van der Waals surface area (Å²) in [6.07, 6.45) is 0. The molecule has 0 aliphatic heterocycles. The van der Waals surface area contributed by atoms with Gasteiger partial charge < -0.3 is 18.7 Å². The molecule has 0 amide bonds. The lowest BCUT2D eigenvalue weighted by Crippen LogP contribution is -2.04. The van der Waals surface area contributed by atoms with Crippen molar-refractivity contribution in [2.75, 3.05) is 0 Å². The van der Waals surface area contributed by atoms with Crippen molar-refractivity contribution < 1.29 is 47.1 Å². The van der Waals surface area contributed by atoms with Crippen LogP contribution in [0, 0.1) is 0 Å². The molecule has 46 heavy (non-hydrogen) atoms. The zero-order valence-electron chi connectivity index (χ0n) is 22.6. The highest BCUT2D eigenvalue weighted by Crippen LogP contribution is 2.29. The van der Waals surface area contributed by atoms with Crippen molar-refractivity contribution in [1.29, 1.82) is 0 Å². The standard InChI is InChI=1S/C9H6BrNO3.C8H5BrClNO3S.C8H6BrNO.CHIO3S/c10-7(9(12)13)8-5-3-1-2-4-6(5)14-11-8;9-4-7-6-3-5(15(10,12)13)1-2-8(6)14-11-7;9-5-7-6-3-1-2-4-8(6)11-10-7;2-1(6)4-5-3/h1-4,7H,(H,12,13);1-3H,4H2;1-4H,5H2;3H. The molecule has 3 heterocycles. The summed E-state index contributed by atoms with van der Waals surface area (Å²) >= 11 is 15.5. The van der Waals surface area contributed by atoms with Gasteiger partial charge in [-0.1, -0.05) is 87.5 Å². The van der Waals surface area contributed by atoms with Crippen molar-refractivity contribution in [3.8, 4) is 0 Å². The van der Waals surface area contributed by atoms with Crippen LogP contribution < -0.4 is 0 Å². The van der Waals surface area contributed by atoms with E-state index in [0.717, 1.165) is 27.4 Å². The van der Waals surface area contributed by atoms with Crippen LogP contribution in [0.1, 0.15) is 21.9 Å². The van der Waals surface area contributed by atoms with Crippen LogP contribution in [0.5, 0.6) is 0 Å². The van der Waals surface area contributed by atoms with E-state index < -0.39 is 19.8 Å². The predicted molar refractivity (Wildman–Crippen MR) is 191 cm³/mol. The number of para-hydroxylation sites is 2. The molecule has 0 saturated heterocycles. The van der Waals surface area contributed by atoms with Gasteiger partial charge in [0, 0.05) is 60.1 Å². The second-order valence-electron chi connectivity index (χ2n) is 8.28. The Morgan fingerprint density at radius 1 is 0.891 bits per heavy atom. The van der Waals surface area contributed by atoms with Crippen molar-refractivity contribution in [2.45, 2.75) is 20.4 Å². The fraction of sp³-hybridized carbons (Fsp3) is 0.115. The Bertz CT molecular complexity index is 2040. The topological polar surface area (TPSA) is 188 Å². The van der Waals surface area contributed by atoms with Gasteiger partial charge in [0.25, 0.3) is 12.1 Å². The molecular weight excluding hydrogens is 980 g/mol. The molecule has 0 radical (unpaired) electrons. The highest BCUT2D eigenvalue weighted by molar-refractivity contribution is 14.1. The Morgan fingerprint density at radius 2 is 1.39 bits per heavy atom. The fourth-order valence-corrected chi connectivity index (χ4v) is 5.51. The quantitative estimate of drug-likeness (QED) is 0.0402. The number of rotatable bonds is 6. The van der Waals surface area contributed by atoms with E-state index in [9.17, 15) is 13.2 Å². The summed E-state index contributed by atoms with van der Waals surface area (Å²) < 4.78 is 37.3. The second-order valence-corrected chi connectivity index (χ2v) is 15.0. The lowest BCUT2D eigenvalue weighted by molar-refractivity contribution is -0.446. The molecule has 1 unspecified atom stereocenters. The Balaban J connectivity index is 0.000000174. The minimum atomic E-state index is -3.71. The Hall–Kier alpha value is -2.24. The number of thiocarbonyl (C=S) groups is 1. The van der Waals surface area contributed by atoms with Crippen molar-refractivity contribution in [1.82, 2.24) is 15.5 Å². The van der Waals surface area contributed by atoms with Crippen LogP contribution in [0.4, 0.5) is 0 Å². The molecule has 0 bridgehead atoms. The third-order valence-electron chi connectivity index (χ3n) is 5.47. The fourth-order valence-electron chi connectivity index (χ4n) is 3.48. The number of carboxylic acid groups (broad SMARTS) is 1. The van der Waals surface area contributed by atoms with Gasteiger partial charge in [0.1, 0.15) is 17.1 Å². The number of carbonyl (C=O) groups is 1. The molecule has 0 aliphatic carbocycles. The van der Waals surface area contributed by atoms with E-state index in [4.69, 9.17) is 34.6 Å². The van der Waals surface area contributed by atoms with Crippen LogP contribution >= 0.6 is 93.3 Å². The second kappa shape index (κ2) is 18.3. The molecule has 20 heteroatoms. The zero-order valence-corrected chi connectivity index (χ0v) is 31.9. The van der Waals surface area contributed by atoms with Gasteiger partial charge in [0.15, 0.2) is 21.6 Å². The molecule has 244 valence electrons. The molecule has 3 aromatic carbocycles. The summed E-state index contributed by atoms with van der Waals surface area (Å²) in [5, 5.41) is 34.4. The van der Waals surface area contributed by atoms with Crippen molar-refractivity contribution in [3.05, 3.63) is 83.8 Å². The molecule has 6 aromatic rings.